The molecule has 0 saturated carbocycles. The first-order chi connectivity index (χ1) is 14.5. The average molecular weight is 405 g/mol. The molecule has 2 amide bonds. The molecule has 3 aromatic carbocycles. The standard InChI is InChI=1S/C25H28N2O3/c1-4-20(5-2)26-24(28)16-30-23-15-19-12-8-7-11-18(19)14-21(23)25(29)27-22-13-9-6-10-17(22)3/h6-15,20H,4-5,16H2,1-3H3,(H,26,28)(H,27,29). The van der Waals surface area contributed by atoms with Crippen molar-refractivity contribution in [3.05, 3.63) is 71.8 Å². The number of fused-ring (bicyclic) bond motifs is 1. The van der Waals surface area contributed by atoms with Crippen LogP contribution in [0.4, 0.5) is 5.69 Å². The summed E-state index contributed by atoms with van der Waals surface area (Å²) < 4.78 is 5.81. The van der Waals surface area contributed by atoms with Crippen LogP contribution in [0.15, 0.2) is 60.7 Å². The topological polar surface area (TPSA) is 67.4 Å². The highest BCUT2D eigenvalue weighted by molar-refractivity contribution is 6.09. The van der Waals surface area contributed by atoms with Gasteiger partial charge in [0.05, 0.1) is 5.56 Å². The molecule has 0 atom stereocenters. The van der Waals surface area contributed by atoms with Crippen LogP contribution in [-0.2, 0) is 4.79 Å². The lowest BCUT2D eigenvalue weighted by atomic mass is 10.0. The SMILES string of the molecule is CCC(CC)NC(=O)COc1cc2ccccc2cc1C(=O)Nc1ccccc1C. The molecular formula is C25H28N2O3. The summed E-state index contributed by atoms with van der Waals surface area (Å²) in [6.45, 7) is 5.87. The zero-order chi connectivity index (χ0) is 21.5. The minimum absolute atomic E-state index is 0.126. The van der Waals surface area contributed by atoms with Gasteiger partial charge in [0.25, 0.3) is 11.8 Å². The number of rotatable bonds is 8. The minimum atomic E-state index is -0.273. The number of para-hydroxylation sites is 1. The van der Waals surface area contributed by atoms with E-state index in [0.717, 1.165) is 34.9 Å². The molecule has 0 fully saturated rings. The molecule has 0 radical (unpaired) electrons. The number of aryl methyl sites for hydroxylation is 1. The van der Waals surface area contributed by atoms with Crippen LogP contribution in [0.1, 0.15) is 42.6 Å². The van der Waals surface area contributed by atoms with Crippen LogP contribution in [0, 0.1) is 6.92 Å². The van der Waals surface area contributed by atoms with Gasteiger partial charge in [-0.05, 0) is 54.3 Å². The van der Waals surface area contributed by atoms with Gasteiger partial charge in [-0.2, -0.15) is 0 Å². The van der Waals surface area contributed by atoms with Crippen molar-refractivity contribution in [3.8, 4) is 5.75 Å². The van der Waals surface area contributed by atoms with Crippen LogP contribution in [0.25, 0.3) is 10.8 Å². The number of carbonyl (C=O) groups excluding carboxylic acids is 2. The number of hydrogen-bond acceptors (Lipinski definition) is 3. The van der Waals surface area contributed by atoms with Crippen molar-refractivity contribution in [1.82, 2.24) is 5.32 Å². The quantitative estimate of drug-likeness (QED) is 0.550. The number of ether oxygens (including phenoxy) is 1. The van der Waals surface area contributed by atoms with Crippen LogP contribution < -0.4 is 15.4 Å². The average Bonchev–Trinajstić information content (AvgIpc) is 2.76. The number of amides is 2. The monoisotopic (exact) mass is 404 g/mol. The highest BCUT2D eigenvalue weighted by Crippen LogP contribution is 2.27. The van der Waals surface area contributed by atoms with E-state index in [1.54, 1.807) is 6.07 Å². The van der Waals surface area contributed by atoms with Gasteiger partial charge in [-0.1, -0.05) is 56.3 Å². The highest BCUT2D eigenvalue weighted by Gasteiger charge is 2.17. The largest absolute Gasteiger partial charge is 0.483 e. The molecule has 0 saturated heterocycles. The minimum Gasteiger partial charge on any atom is -0.483 e. The first kappa shape index (κ1) is 21.4. The molecule has 0 spiro atoms. The normalized spacial score (nSPS) is 10.8. The van der Waals surface area contributed by atoms with Gasteiger partial charge in [0.1, 0.15) is 5.75 Å². The number of nitrogens with one attached hydrogen (secondary N) is 2. The fourth-order valence-corrected chi connectivity index (χ4v) is 3.32. The Kier molecular flexibility index (Phi) is 7.07. The Balaban J connectivity index is 1.85. The number of anilines is 1. The zero-order valence-electron chi connectivity index (χ0n) is 17.7. The van der Waals surface area contributed by atoms with E-state index in [4.69, 9.17) is 4.74 Å². The zero-order valence-corrected chi connectivity index (χ0v) is 17.7. The summed E-state index contributed by atoms with van der Waals surface area (Å²) in [4.78, 5) is 25.3. The molecule has 30 heavy (non-hydrogen) atoms. The molecule has 0 heterocycles. The summed E-state index contributed by atoms with van der Waals surface area (Å²) in [6.07, 6.45) is 1.73. The predicted molar refractivity (Wildman–Crippen MR) is 121 cm³/mol. The van der Waals surface area contributed by atoms with Gasteiger partial charge in [0.15, 0.2) is 6.61 Å². The third-order valence-electron chi connectivity index (χ3n) is 5.20. The van der Waals surface area contributed by atoms with Gasteiger partial charge in [-0.15, -0.1) is 0 Å². The van der Waals surface area contributed by atoms with Crippen molar-refractivity contribution in [2.75, 3.05) is 11.9 Å². The van der Waals surface area contributed by atoms with E-state index in [1.165, 1.54) is 0 Å². The van der Waals surface area contributed by atoms with E-state index in [2.05, 4.69) is 10.6 Å². The number of benzene rings is 3. The van der Waals surface area contributed by atoms with Crippen molar-refractivity contribution in [3.63, 3.8) is 0 Å². The summed E-state index contributed by atoms with van der Waals surface area (Å²) in [5, 5.41) is 7.78. The Morgan fingerprint density at radius 2 is 1.57 bits per heavy atom. The molecule has 0 aromatic heterocycles. The molecule has 0 aliphatic heterocycles. The van der Waals surface area contributed by atoms with E-state index in [1.807, 2.05) is 75.4 Å². The van der Waals surface area contributed by atoms with Gasteiger partial charge in [-0.3, -0.25) is 9.59 Å². The summed E-state index contributed by atoms with van der Waals surface area (Å²) in [5.74, 6) is -0.0768. The maximum atomic E-state index is 13.1. The van der Waals surface area contributed by atoms with Crippen molar-refractivity contribution in [2.24, 2.45) is 0 Å². The summed E-state index contributed by atoms with van der Waals surface area (Å²) in [6, 6.07) is 19.1. The van der Waals surface area contributed by atoms with E-state index in [0.29, 0.717) is 11.3 Å². The molecule has 5 nitrogen and oxygen atoms in total. The van der Waals surface area contributed by atoms with Gasteiger partial charge in [-0.25, -0.2) is 0 Å². The summed E-state index contributed by atoms with van der Waals surface area (Å²) >= 11 is 0. The molecule has 0 bridgehead atoms. The maximum absolute atomic E-state index is 13.1. The molecule has 0 aliphatic rings. The lowest BCUT2D eigenvalue weighted by molar-refractivity contribution is -0.123. The summed E-state index contributed by atoms with van der Waals surface area (Å²) in [7, 11) is 0. The Morgan fingerprint density at radius 1 is 0.933 bits per heavy atom. The highest BCUT2D eigenvalue weighted by atomic mass is 16.5. The van der Waals surface area contributed by atoms with Crippen molar-refractivity contribution in [2.45, 2.75) is 39.7 Å². The molecule has 5 heteroatoms. The van der Waals surface area contributed by atoms with E-state index < -0.39 is 0 Å². The van der Waals surface area contributed by atoms with Crippen LogP contribution in [-0.4, -0.2) is 24.5 Å². The fourth-order valence-electron chi connectivity index (χ4n) is 3.32. The second-order valence-corrected chi connectivity index (χ2v) is 7.33. The van der Waals surface area contributed by atoms with Gasteiger partial charge in [0, 0.05) is 11.7 Å². The van der Waals surface area contributed by atoms with Crippen LogP contribution in [0.3, 0.4) is 0 Å². The smallest absolute Gasteiger partial charge is 0.259 e. The van der Waals surface area contributed by atoms with Crippen LogP contribution >= 0.6 is 0 Å². The number of carbonyl (C=O) groups is 2. The van der Waals surface area contributed by atoms with E-state index in [-0.39, 0.29) is 24.5 Å². The molecule has 2 N–H and O–H groups in total. The maximum Gasteiger partial charge on any atom is 0.259 e. The van der Waals surface area contributed by atoms with Crippen LogP contribution in [0.2, 0.25) is 0 Å². The summed E-state index contributed by atoms with van der Waals surface area (Å²) in [5.41, 5.74) is 2.11. The molecule has 0 unspecified atom stereocenters. The van der Waals surface area contributed by atoms with Crippen LogP contribution in [0.5, 0.6) is 5.75 Å². The van der Waals surface area contributed by atoms with Crippen molar-refractivity contribution < 1.29 is 14.3 Å². The predicted octanol–water partition coefficient (Wildman–Crippen LogP) is 5.08. The van der Waals surface area contributed by atoms with Crippen molar-refractivity contribution in [1.29, 1.82) is 0 Å². The Bertz CT molecular complexity index is 1040. The third kappa shape index (κ3) is 5.17. The Hall–Kier alpha value is -3.34. The first-order valence-corrected chi connectivity index (χ1v) is 10.3. The van der Waals surface area contributed by atoms with E-state index in [9.17, 15) is 9.59 Å². The molecule has 3 aromatic rings. The lowest BCUT2D eigenvalue weighted by Crippen LogP contribution is -2.37. The van der Waals surface area contributed by atoms with E-state index >= 15 is 0 Å². The second kappa shape index (κ2) is 9.92. The Morgan fingerprint density at radius 3 is 2.23 bits per heavy atom. The van der Waals surface area contributed by atoms with Crippen molar-refractivity contribution >= 4 is 28.3 Å². The Labute approximate surface area is 177 Å². The lowest BCUT2D eigenvalue weighted by Gasteiger charge is -2.17. The van der Waals surface area contributed by atoms with Gasteiger partial charge >= 0.3 is 0 Å². The molecule has 3 rings (SSSR count). The molecule has 156 valence electrons. The van der Waals surface area contributed by atoms with Gasteiger partial charge < -0.3 is 15.4 Å². The fraction of sp³-hybridized carbons (Fsp3) is 0.280. The molecular weight excluding hydrogens is 376 g/mol. The third-order valence-corrected chi connectivity index (χ3v) is 5.20. The second-order valence-electron chi connectivity index (χ2n) is 7.33. The van der Waals surface area contributed by atoms with Gasteiger partial charge in [0.2, 0.25) is 0 Å². The molecule has 0 aliphatic carbocycles. The first-order valence-electron chi connectivity index (χ1n) is 10.3. The number of hydrogen-bond donors (Lipinski definition) is 2.